The predicted octanol–water partition coefficient (Wildman–Crippen LogP) is 1.01. The molecule has 0 aliphatic carbocycles. The molecule has 0 unspecified atom stereocenters. The highest BCUT2D eigenvalue weighted by atomic mass is 35.5. The Morgan fingerprint density at radius 1 is 1.30 bits per heavy atom. The fourth-order valence-electron chi connectivity index (χ4n) is 1.80. The van der Waals surface area contributed by atoms with Gasteiger partial charge in [-0.1, -0.05) is 23.2 Å². The molecule has 1 heterocycles. The molecule has 0 bridgehead atoms. The third-order valence-electron chi connectivity index (χ3n) is 2.86. The van der Waals surface area contributed by atoms with Crippen LogP contribution in [0.4, 0.5) is 0 Å². The first-order valence-corrected chi connectivity index (χ1v) is 8.12. The van der Waals surface area contributed by atoms with Crippen LogP contribution >= 0.6 is 23.2 Å². The van der Waals surface area contributed by atoms with Crippen LogP contribution in [0.2, 0.25) is 10.0 Å². The van der Waals surface area contributed by atoms with Crippen molar-refractivity contribution in [3.8, 4) is 0 Å². The van der Waals surface area contributed by atoms with Crippen molar-refractivity contribution in [2.45, 2.75) is 11.5 Å². The normalized spacial score (nSPS) is 17.4. The van der Waals surface area contributed by atoms with E-state index < -0.39 is 16.6 Å². The van der Waals surface area contributed by atoms with Crippen LogP contribution in [0.1, 0.15) is 5.56 Å². The van der Waals surface area contributed by atoms with Crippen molar-refractivity contribution in [2.24, 2.45) is 0 Å². The number of benzene rings is 1. The van der Waals surface area contributed by atoms with E-state index in [4.69, 9.17) is 27.9 Å². The summed E-state index contributed by atoms with van der Waals surface area (Å²) >= 11 is 11.9. The van der Waals surface area contributed by atoms with Crippen LogP contribution in [0.15, 0.2) is 17.0 Å². The SMILES string of the molecule is O=S(=O)(NN1CCOCC1)c1ccc(Cl)c(CO)c1Cl. The second kappa shape index (κ2) is 6.57. The predicted molar refractivity (Wildman–Crippen MR) is 75.1 cm³/mol. The lowest BCUT2D eigenvalue weighted by atomic mass is 10.2. The number of halogens is 2. The van der Waals surface area contributed by atoms with Crippen molar-refractivity contribution < 1.29 is 18.3 Å². The first-order valence-electron chi connectivity index (χ1n) is 5.88. The second-order valence-corrected chi connectivity index (χ2v) is 6.60. The standard InChI is InChI=1S/C11H14Cl2N2O4S/c12-9-1-2-10(11(13)8(9)7-16)20(17,18)14-15-3-5-19-6-4-15/h1-2,14,16H,3-7H2. The molecule has 2 rings (SSSR count). The van der Waals surface area contributed by atoms with Gasteiger partial charge in [0, 0.05) is 23.7 Å². The molecule has 0 amide bonds. The van der Waals surface area contributed by atoms with Crippen molar-refractivity contribution in [2.75, 3.05) is 26.3 Å². The molecule has 1 saturated heterocycles. The average Bonchev–Trinajstić information content (AvgIpc) is 2.39. The van der Waals surface area contributed by atoms with Gasteiger partial charge in [0.2, 0.25) is 0 Å². The van der Waals surface area contributed by atoms with Crippen LogP contribution < -0.4 is 4.83 Å². The van der Waals surface area contributed by atoms with Crippen LogP contribution in [0.25, 0.3) is 0 Å². The van der Waals surface area contributed by atoms with Crippen LogP contribution in [-0.4, -0.2) is 44.8 Å². The molecular formula is C11H14Cl2N2O4S. The molecule has 2 N–H and O–H groups in total. The Kier molecular flexibility index (Phi) is 5.25. The fourth-order valence-corrected chi connectivity index (χ4v) is 3.82. The minimum Gasteiger partial charge on any atom is -0.392 e. The summed E-state index contributed by atoms with van der Waals surface area (Å²) in [4.78, 5) is 2.33. The lowest BCUT2D eigenvalue weighted by Gasteiger charge is -2.27. The van der Waals surface area contributed by atoms with E-state index in [-0.39, 0.29) is 20.5 Å². The Balaban J connectivity index is 2.29. The van der Waals surface area contributed by atoms with Crippen LogP contribution in [0, 0.1) is 0 Å². The summed E-state index contributed by atoms with van der Waals surface area (Å²) in [5.41, 5.74) is 0.193. The van der Waals surface area contributed by atoms with Gasteiger partial charge in [-0.2, -0.15) is 0 Å². The van der Waals surface area contributed by atoms with E-state index in [9.17, 15) is 13.5 Å². The number of hydrazine groups is 1. The third-order valence-corrected chi connectivity index (χ3v) is 5.17. The Hall–Kier alpha value is -0.410. The number of nitrogens with one attached hydrogen (secondary N) is 1. The molecular weight excluding hydrogens is 327 g/mol. The summed E-state index contributed by atoms with van der Waals surface area (Å²) in [5, 5.41) is 10.9. The highest BCUT2D eigenvalue weighted by Gasteiger charge is 2.24. The highest BCUT2D eigenvalue weighted by molar-refractivity contribution is 7.89. The number of hydrogen-bond acceptors (Lipinski definition) is 5. The molecule has 1 fully saturated rings. The van der Waals surface area contributed by atoms with Gasteiger partial charge in [0.05, 0.1) is 24.8 Å². The molecule has 0 aromatic heterocycles. The van der Waals surface area contributed by atoms with Crippen molar-refractivity contribution in [3.63, 3.8) is 0 Å². The quantitative estimate of drug-likeness (QED) is 0.855. The number of hydrogen-bond donors (Lipinski definition) is 2. The molecule has 1 aliphatic rings. The number of morpholine rings is 1. The summed E-state index contributed by atoms with van der Waals surface area (Å²) < 4.78 is 29.7. The minimum absolute atomic E-state index is 0.0687. The average molecular weight is 341 g/mol. The number of nitrogens with zero attached hydrogens (tertiary/aromatic N) is 1. The number of rotatable bonds is 4. The van der Waals surface area contributed by atoms with Crippen molar-refractivity contribution in [3.05, 3.63) is 27.7 Å². The number of aliphatic hydroxyl groups excluding tert-OH is 1. The van der Waals surface area contributed by atoms with E-state index >= 15 is 0 Å². The number of sulfonamides is 1. The molecule has 112 valence electrons. The van der Waals surface area contributed by atoms with Gasteiger partial charge in [0.15, 0.2) is 0 Å². The van der Waals surface area contributed by atoms with E-state index in [1.165, 1.54) is 12.1 Å². The summed E-state index contributed by atoms with van der Waals surface area (Å²) in [6, 6.07) is 2.71. The molecule has 20 heavy (non-hydrogen) atoms. The maximum atomic E-state index is 12.3. The summed E-state index contributed by atoms with van der Waals surface area (Å²) in [7, 11) is -3.82. The topological polar surface area (TPSA) is 78.9 Å². The van der Waals surface area contributed by atoms with E-state index in [2.05, 4.69) is 4.83 Å². The molecule has 9 heteroatoms. The lowest BCUT2D eigenvalue weighted by molar-refractivity contribution is 0.0272. The van der Waals surface area contributed by atoms with Crippen LogP contribution in [0.3, 0.4) is 0 Å². The highest BCUT2D eigenvalue weighted by Crippen LogP contribution is 2.31. The molecule has 0 atom stereocenters. The van der Waals surface area contributed by atoms with Gasteiger partial charge in [-0.25, -0.2) is 13.4 Å². The lowest BCUT2D eigenvalue weighted by Crippen LogP contribution is -2.48. The van der Waals surface area contributed by atoms with Gasteiger partial charge in [0.1, 0.15) is 4.90 Å². The molecule has 1 aromatic rings. The first-order chi connectivity index (χ1) is 9.45. The Bertz CT molecular complexity index is 588. The monoisotopic (exact) mass is 340 g/mol. The smallest absolute Gasteiger partial charge is 0.254 e. The zero-order chi connectivity index (χ0) is 14.8. The fraction of sp³-hybridized carbons (Fsp3) is 0.455. The Labute approximate surface area is 127 Å². The number of ether oxygens (including phenoxy) is 1. The molecule has 1 aliphatic heterocycles. The molecule has 1 aromatic carbocycles. The minimum atomic E-state index is -3.82. The maximum Gasteiger partial charge on any atom is 0.254 e. The van der Waals surface area contributed by atoms with Crippen molar-refractivity contribution in [1.29, 1.82) is 0 Å². The molecule has 0 saturated carbocycles. The molecule has 0 spiro atoms. The zero-order valence-electron chi connectivity index (χ0n) is 10.5. The largest absolute Gasteiger partial charge is 0.392 e. The Morgan fingerprint density at radius 3 is 2.55 bits per heavy atom. The third kappa shape index (κ3) is 3.43. The van der Waals surface area contributed by atoms with E-state index in [0.717, 1.165) is 0 Å². The molecule has 0 radical (unpaired) electrons. The zero-order valence-corrected chi connectivity index (χ0v) is 12.8. The van der Waals surface area contributed by atoms with Crippen molar-refractivity contribution >= 4 is 33.2 Å². The maximum absolute atomic E-state index is 12.3. The van der Waals surface area contributed by atoms with Gasteiger partial charge < -0.3 is 9.84 Å². The first kappa shape index (κ1) is 16.0. The molecule has 6 nitrogen and oxygen atoms in total. The van der Waals surface area contributed by atoms with Gasteiger partial charge >= 0.3 is 0 Å². The van der Waals surface area contributed by atoms with Crippen molar-refractivity contribution in [1.82, 2.24) is 9.84 Å². The summed E-state index contributed by atoms with van der Waals surface area (Å²) in [6.45, 7) is 1.39. The van der Waals surface area contributed by atoms with Gasteiger partial charge in [0.25, 0.3) is 10.0 Å². The van der Waals surface area contributed by atoms with E-state index in [1.54, 1.807) is 5.01 Å². The summed E-state index contributed by atoms with van der Waals surface area (Å²) in [6.07, 6.45) is 0. The van der Waals surface area contributed by atoms with Gasteiger partial charge in [-0.3, -0.25) is 0 Å². The van der Waals surface area contributed by atoms with Gasteiger partial charge in [-0.15, -0.1) is 4.83 Å². The Morgan fingerprint density at radius 2 is 1.95 bits per heavy atom. The number of aliphatic hydroxyl groups is 1. The van der Waals surface area contributed by atoms with E-state index in [1.807, 2.05) is 0 Å². The van der Waals surface area contributed by atoms with Gasteiger partial charge in [-0.05, 0) is 12.1 Å². The van der Waals surface area contributed by atoms with E-state index in [0.29, 0.717) is 26.3 Å². The second-order valence-electron chi connectivity index (χ2n) is 4.19. The van der Waals surface area contributed by atoms with Crippen LogP contribution in [0.5, 0.6) is 0 Å². The van der Waals surface area contributed by atoms with Crippen LogP contribution in [-0.2, 0) is 21.4 Å². The summed E-state index contributed by atoms with van der Waals surface area (Å²) in [5.74, 6) is 0.